The van der Waals surface area contributed by atoms with Gasteiger partial charge in [-0.25, -0.2) is 4.98 Å². The average Bonchev–Trinajstić information content (AvgIpc) is 2.48. The van der Waals surface area contributed by atoms with Crippen molar-refractivity contribution in [2.24, 2.45) is 0 Å². The Bertz CT molecular complexity index is 355. The molecule has 1 aromatic rings. The molecule has 0 amide bonds. The first kappa shape index (κ1) is 13.1. The van der Waals surface area contributed by atoms with Crippen LogP contribution in [0.25, 0.3) is 0 Å². The molecule has 0 aliphatic heterocycles. The van der Waals surface area contributed by atoms with Crippen molar-refractivity contribution in [3.63, 3.8) is 0 Å². The molecular weight excluding hydrogens is 224 g/mol. The van der Waals surface area contributed by atoms with Crippen LogP contribution in [-0.4, -0.2) is 23.1 Å². The second kappa shape index (κ2) is 5.41. The largest absolute Gasteiger partial charge is 0.459 e. The molecule has 0 aliphatic rings. The van der Waals surface area contributed by atoms with Crippen LogP contribution in [0.2, 0.25) is 0 Å². The number of aryl methyl sites for hydroxylation is 1. The Labute approximate surface area is 100 Å². The number of hydrogen-bond acceptors (Lipinski definition) is 5. The fourth-order valence-corrected chi connectivity index (χ4v) is 1.77. The Morgan fingerprint density at radius 3 is 2.75 bits per heavy atom. The van der Waals surface area contributed by atoms with Gasteiger partial charge in [-0.1, -0.05) is 0 Å². The van der Waals surface area contributed by atoms with E-state index in [-0.39, 0.29) is 12.5 Å². The van der Waals surface area contributed by atoms with Crippen LogP contribution in [0.4, 0.5) is 0 Å². The fraction of sp³-hybridized carbons (Fsp3) is 0.636. The third-order valence-electron chi connectivity index (χ3n) is 1.66. The van der Waals surface area contributed by atoms with Gasteiger partial charge >= 0.3 is 5.97 Å². The van der Waals surface area contributed by atoms with Crippen LogP contribution in [0.5, 0.6) is 0 Å². The third-order valence-corrected chi connectivity index (χ3v) is 2.48. The molecule has 0 saturated heterocycles. The van der Waals surface area contributed by atoms with Gasteiger partial charge in [0.05, 0.1) is 17.2 Å². The summed E-state index contributed by atoms with van der Waals surface area (Å²) < 4.78 is 5.16. The van der Waals surface area contributed by atoms with Crippen LogP contribution >= 0.6 is 11.3 Å². The Hall–Kier alpha value is -0.940. The van der Waals surface area contributed by atoms with E-state index < -0.39 is 5.60 Å². The van der Waals surface area contributed by atoms with Gasteiger partial charge in [0.2, 0.25) is 0 Å². The normalized spacial score (nSPS) is 11.5. The Morgan fingerprint density at radius 1 is 1.56 bits per heavy atom. The van der Waals surface area contributed by atoms with E-state index in [9.17, 15) is 4.79 Å². The zero-order valence-corrected chi connectivity index (χ0v) is 11.0. The van der Waals surface area contributed by atoms with Crippen molar-refractivity contribution >= 4 is 17.3 Å². The van der Waals surface area contributed by atoms with E-state index in [4.69, 9.17) is 4.74 Å². The molecule has 0 radical (unpaired) electrons. The highest BCUT2D eigenvalue weighted by Gasteiger charge is 2.15. The van der Waals surface area contributed by atoms with Gasteiger partial charge in [-0.2, -0.15) is 0 Å². The van der Waals surface area contributed by atoms with Crippen LogP contribution in [-0.2, 0) is 16.1 Å². The fourth-order valence-electron chi connectivity index (χ4n) is 1.16. The first-order chi connectivity index (χ1) is 7.37. The summed E-state index contributed by atoms with van der Waals surface area (Å²) in [6.45, 7) is 8.34. The second-order valence-electron chi connectivity index (χ2n) is 4.55. The number of aromatic nitrogens is 1. The highest BCUT2D eigenvalue weighted by atomic mass is 32.1. The maximum atomic E-state index is 11.4. The molecule has 0 unspecified atom stereocenters. The first-order valence-corrected chi connectivity index (χ1v) is 6.08. The molecular formula is C11H18N2O2S. The van der Waals surface area contributed by atoms with E-state index in [0.717, 1.165) is 10.7 Å². The van der Waals surface area contributed by atoms with Gasteiger partial charge in [-0.05, 0) is 27.7 Å². The Morgan fingerprint density at radius 2 is 2.25 bits per heavy atom. The summed E-state index contributed by atoms with van der Waals surface area (Å²) in [5.41, 5.74) is 0.543. The van der Waals surface area contributed by atoms with E-state index in [2.05, 4.69) is 10.3 Å². The zero-order valence-electron chi connectivity index (χ0n) is 10.2. The van der Waals surface area contributed by atoms with Crippen molar-refractivity contribution in [3.8, 4) is 0 Å². The molecule has 1 heterocycles. The predicted octanol–water partition coefficient (Wildman–Crippen LogP) is 1.88. The number of thiazole rings is 1. The molecule has 0 bridgehead atoms. The Kier molecular flexibility index (Phi) is 4.44. The predicted molar refractivity (Wildman–Crippen MR) is 64.4 cm³/mol. The van der Waals surface area contributed by atoms with Gasteiger partial charge in [0, 0.05) is 11.9 Å². The second-order valence-corrected chi connectivity index (χ2v) is 5.61. The van der Waals surface area contributed by atoms with Crippen LogP contribution in [0.1, 0.15) is 31.5 Å². The third kappa shape index (κ3) is 5.23. The van der Waals surface area contributed by atoms with Crippen molar-refractivity contribution in [3.05, 3.63) is 16.1 Å². The molecule has 4 nitrogen and oxygen atoms in total. The summed E-state index contributed by atoms with van der Waals surface area (Å²) >= 11 is 1.61. The lowest BCUT2D eigenvalue weighted by molar-refractivity contribution is -0.153. The van der Waals surface area contributed by atoms with Crippen LogP contribution < -0.4 is 5.32 Å². The summed E-state index contributed by atoms with van der Waals surface area (Å²) in [7, 11) is 0. The standard InChI is InChI=1S/C11H18N2O2S/c1-8-13-9(7-16-8)5-12-6-10(14)15-11(2,3)4/h7,12H,5-6H2,1-4H3. The molecule has 0 fully saturated rings. The molecule has 1 aromatic heterocycles. The molecule has 0 atom stereocenters. The SMILES string of the molecule is Cc1nc(CNCC(=O)OC(C)(C)C)cs1. The zero-order chi connectivity index (χ0) is 12.2. The van der Waals surface area contributed by atoms with Crippen LogP contribution in [0.15, 0.2) is 5.38 Å². The van der Waals surface area contributed by atoms with Crippen molar-refractivity contribution in [2.45, 2.75) is 39.8 Å². The number of hydrogen-bond donors (Lipinski definition) is 1. The van der Waals surface area contributed by atoms with E-state index in [1.165, 1.54) is 0 Å². The molecule has 16 heavy (non-hydrogen) atoms. The number of nitrogens with one attached hydrogen (secondary N) is 1. The molecule has 0 saturated carbocycles. The highest BCUT2D eigenvalue weighted by Crippen LogP contribution is 2.08. The van der Waals surface area contributed by atoms with Crippen LogP contribution in [0.3, 0.4) is 0 Å². The minimum Gasteiger partial charge on any atom is -0.459 e. The van der Waals surface area contributed by atoms with Crippen molar-refractivity contribution in [1.82, 2.24) is 10.3 Å². The van der Waals surface area contributed by atoms with Gasteiger partial charge in [0.1, 0.15) is 5.60 Å². The summed E-state index contributed by atoms with van der Waals surface area (Å²) in [4.78, 5) is 15.6. The lowest BCUT2D eigenvalue weighted by atomic mass is 10.2. The minimum absolute atomic E-state index is 0.216. The monoisotopic (exact) mass is 242 g/mol. The van der Waals surface area contributed by atoms with Crippen molar-refractivity contribution < 1.29 is 9.53 Å². The van der Waals surface area contributed by atoms with Gasteiger partial charge in [0.15, 0.2) is 0 Å². The maximum Gasteiger partial charge on any atom is 0.320 e. The average molecular weight is 242 g/mol. The molecule has 90 valence electrons. The van der Waals surface area contributed by atoms with E-state index in [1.54, 1.807) is 11.3 Å². The number of rotatable bonds is 4. The minimum atomic E-state index is -0.421. The van der Waals surface area contributed by atoms with E-state index >= 15 is 0 Å². The smallest absolute Gasteiger partial charge is 0.320 e. The van der Waals surface area contributed by atoms with Gasteiger partial charge < -0.3 is 10.1 Å². The van der Waals surface area contributed by atoms with E-state index in [1.807, 2.05) is 33.1 Å². The van der Waals surface area contributed by atoms with Crippen molar-refractivity contribution in [2.75, 3.05) is 6.54 Å². The van der Waals surface area contributed by atoms with Crippen LogP contribution in [0, 0.1) is 6.92 Å². The van der Waals surface area contributed by atoms with E-state index in [0.29, 0.717) is 6.54 Å². The molecule has 1 N–H and O–H groups in total. The molecule has 5 heteroatoms. The number of esters is 1. The summed E-state index contributed by atoms with van der Waals surface area (Å²) in [5, 5.41) is 6.03. The lowest BCUT2D eigenvalue weighted by Crippen LogP contribution is -2.31. The quantitative estimate of drug-likeness (QED) is 0.819. The van der Waals surface area contributed by atoms with Gasteiger partial charge in [-0.15, -0.1) is 11.3 Å². The number of carbonyl (C=O) groups excluding carboxylic acids is 1. The highest BCUT2D eigenvalue weighted by molar-refractivity contribution is 7.09. The topological polar surface area (TPSA) is 51.2 Å². The number of nitrogens with zero attached hydrogens (tertiary/aromatic N) is 1. The van der Waals surface area contributed by atoms with Crippen molar-refractivity contribution in [1.29, 1.82) is 0 Å². The maximum absolute atomic E-state index is 11.4. The molecule has 0 spiro atoms. The van der Waals surface area contributed by atoms with Gasteiger partial charge in [0.25, 0.3) is 0 Å². The summed E-state index contributed by atoms with van der Waals surface area (Å²) in [6, 6.07) is 0. The summed E-state index contributed by atoms with van der Waals surface area (Å²) in [5.74, 6) is -0.237. The molecule has 0 aromatic carbocycles. The van der Waals surface area contributed by atoms with Gasteiger partial charge in [-0.3, -0.25) is 4.79 Å². The lowest BCUT2D eigenvalue weighted by Gasteiger charge is -2.19. The summed E-state index contributed by atoms with van der Waals surface area (Å²) in [6.07, 6.45) is 0. The number of ether oxygens (including phenoxy) is 1. The Balaban J connectivity index is 2.23. The first-order valence-electron chi connectivity index (χ1n) is 5.20. The number of carbonyl (C=O) groups is 1. The molecule has 0 aliphatic carbocycles. The molecule has 1 rings (SSSR count).